The number of nitrogens with one attached hydrogen (secondary N) is 1. The maximum absolute atomic E-state index is 4.92. The molecule has 1 saturated heterocycles. The summed E-state index contributed by atoms with van der Waals surface area (Å²) in [5, 5.41) is 7.80. The fourth-order valence-electron chi connectivity index (χ4n) is 4.56. The van der Waals surface area contributed by atoms with Gasteiger partial charge in [-0.3, -0.25) is 9.67 Å². The van der Waals surface area contributed by atoms with Gasteiger partial charge < -0.3 is 10.2 Å². The molecule has 5 nitrogen and oxygen atoms in total. The van der Waals surface area contributed by atoms with Crippen molar-refractivity contribution in [1.29, 1.82) is 0 Å². The normalized spacial score (nSPS) is 21.7. The second kappa shape index (κ2) is 9.98. The van der Waals surface area contributed by atoms with Crippen LogP contribution in [0.3, 0.4) is 0 Å². The number of hydrogen-bond donors (Lipinski definition) is 1. The molecule has 0 bridgehead atoms. The first-order valence-corrected chi connectivity index (χ1v) is 10.8. The van der Waals surface area contributed by atoms with Gasteiger partial charge in [0.2, 0.25) is 0 Å². The molecule has 2 fully saturated rings. The van der Waals surface area contributed by atoms with E-state index in [4.69, 9.17) is 4.99 Å². The molecule has 5 heteroatoms. The van der Waals surface area contributed by atoms with Crippen LogP contribution in [0.25, 0.3) is 0 Å². The van der Waals surface area contributed by atoms with Crippen LogP contribution in [-0.2, 0) is 13.5 Å². The van der Waals surface area contributed by atoms with Crippen molar-refractivity contribution < 1.29 is 0 Å². The van der Waals surface area contributed by atoms with E-state index in [2.05, 4.69) is 28.4 Å². The highest BCUT2D eigenvalue weighted by molar-refractivity contribution is 5.80. The highest BCUT2D eigenvalue weighted by atomic mass is 15.3. The zero-order chi connectivity index (χ0) is 18.2. The molecular weight excluding hydrogens is 322 g/mol. The number of aliphatic imine (C=N–C) groups is 1. The minimum atomic E-state index is 0.713. The van der Waals surface area contributed by atoms with E-state index < -0.39 is 0 Å². The summed E-state index contributed by atoms with van der Waals surface area (Å²) in [4.78, 5) is 7.38. The van der Waals surface area contributed by atoms with Crippen LogP contribution in [0.4, 0.5) is 0 Å². The van der Waals surface area contributed by atoms with E-state index in [-0.39, 0.29) is 0 Å². The number of guanidine groups is 1. The van der Waals surface area contributed by atoms with Crippen molar-refractivity contribution in [3.8, 4) is 0 Å². The monoisotopic (exact) mass is 359 g/mol. The van der Waals surface area contributed by atoms with Gasteiger partial charge in [0.05, 0.1) is 6.20 Å². The number of aryl methyl sites for hydroxylation is 1. The highest BCUT2D eigenvalue weighted by Crippen LogP contribution is 2.28. The molecule has 2 heterocycles. The lowest BCUT2D eigenvalue weighted by molar-refractivity contribution is 0.456. The van der Waals surface area contributed by atoms with E-state index >= 15 is 0 Å². The highest BCUT2D eigenvalue weighted by Gasteiger charge is 2.25. The van der Waals surface area contributed by atoms with Crippen LogP contribution in [0, 0.1) is 11.8 Å². The standard InChI is InChI=1S/C21H37N5/c1-3-22-21(23-12-7-6-10-18-8-4-5-9-18)26-13-11-19(17-26)14-20-15-24-25(2)16-20/h15-16,18-19H,3-14,17H2,1-2H3,(H,22,23). The Morgan fingerprint density at radius 2 is 2.08 bits per heavy atom. The Morgan fingerprint density at radius 3 is 2.81 bits per heavy atom. The summed E-state index contributed by atoms with van der Waals surface area (Å²) >= 11 is 0. The first-order chi connectivity index (χ1) is 12.7. The lowest BCUT2D eigenvalue weighted by Crippen LogP contribution is -2.40. The van der Waals surface area contributed by atoms with Gasteiger partial charge in [-0.05, 0) is 43.6 Å². The molecule has 1 aliphatic carbocycles. The summed E-state index contributed by atoms with van der Waals surface area (Å²) in [5.74, 6) is 2.85. The molecule has 1 aromatic heterocycles. The maximum Gasteiger partial charge on any atom is 0.193 e. The van der Waals surface area contributed by atoms with Gasteiger partial charge in [-0.1, -0.05) is 38.5 Å². The quantitative estimate of drug-likeness (QED) is 0.438. The third-order valence-electron chi connectivity index (χ3n) is 5.96. The van der Waals surface area contributed by atoms with Crippen LogP contribution in [0.2, 0.25) is 0 Å². The zero-order valence-electron chi connectivity index (χ0n) is 16.8. The number of rotatable bonds is 8. The van der Waals surface area contributed by atoms with Gasteiger partial charge in [0.1, 0.15) is 0 Å². The summed E-state index contributed by atoms with van der Waals surface area (Å²) in [6.07, 6.45) is 16.4. The van der Waals surface area contributed by atoms with Crippen molar-refractivity contribution >= 4 is 5.96 Å². The molecule has 2 aliphatic rings. The van der Waals surface area contributed by atoms with Gasteiger partial charge in [0.15, 0.2) is 5.96 Å². The average Bonchev–Trinajstić information content (AvgIpc) is 3.37. The van der Waals surface area contributed by atoms with Crippen LogP contribution >= 0.6 is 0 Å². The van der Waals surface area contributed by atoms with Gasteiger partial charge >= 0.3 is 0 Å². The second-order valence-electron chi connectivity index (χ2n) is 8.21. The topological polar surface area (TPSA) is 45.5 Å². The molecule has 1 aliphatic heterocycles. The van der Waals surface area contributed by atoms with Crippen LogP contribution in [0.15, 0.2) is 17.4 Å². The van der Waals surface area contributed by atoms with Gasteiger partial charge in [-0.15, -0.1) is 0 Å². The van der Waals surface area contributed by atoms with Crippen LogP contribution in [0.5, 0.6) is 0 Å². The van der Waals surface area contributed by atoms with Crippen molar-refractivity contribution in [2.45, 2.75) is 64.7 Å². The number of aromatic nitrogens is 2. The lowest BCUT2D eigenvalue weighted by Gasteiger charge is -2.21. The van der Waals surface area contributed by atoms with Crippen molar-refractivity contribution in [2.75, 3.05) is 26.2 Å². The number of unbranched alkanes of at least 4 members (excludes halogenated alkanes) is 1. The van der Waals surface area contributed by atoms with E-state index in [0.29, 0.717) is 5.92 Å². The summed E-state index contributed by atoms with van der Waals surface area (Å²) in [6.45, 7) is 6.32. The average molecular weight is 360 g/mol. The van der Waals surface area contributed by atoms with Crippen LogP contribution in [-0.4, -0.2) is 46.8 Å². The van der Waals surface area contributed by atoms with Crippen molar-refractivity contribution in [1.82, 2.24) is 20.0 Å². The SMILES string of the molecule is CCNC(=NCCCCC1CCCC1)N1CCC(Cc2cnn(C)c2)C1. The van der Waals surface area contributed by atoms with Gasteiger partial charge in [-0.25, -0.2) is 0 Å². The molecule has 1 N–H and O–H groups in total. The van der Waals surface area contributed by atoms with Crippen molar-refractivity contribution in [2.24, 2.45) is 23.9 Å². The molecule has 146 valence electrons. The maximum atomic E-state index is 4.92. The third kappa shape index (κ3) is 5.75. The molecule has 0 radical (unpaired) electrons. The summed E-state index contributed by atoms with van der Waals surface area (Å²) in [5.41, 5.74) is 1.35. The predicted molar refractivity (Wildman–Crippen MR) is 108 cm³/mol. The molecule has 1 unspecified atom stereocenters. The fourth-order valence-corrected chi connectivity index (χ4v) is 4.56. The molecule has 3 rings (SSSR count). The van der Waals surface area contributed by atoms with E-state index in [1.54, 1.807) is 0 Å². The molecule has 0 amide bonds. The van der Waals surface area contributed by atoms with Crippen molar-refractivity contribution in [3.63, 3.8) is 0 Å². The molecule has 26 heavy (non-hydrogen) atoms. The zero-order valence-corrected chi connectivity index (χ0v) is 16.8. The Morgan fingerprint density at radius 1 is 1.23 bits per heavy atom. The molecule has 1 atom stereocenters. The number of likely N-dealkylation sites (tertiary alicyclic amines) is 1. The van der Waals surface area contributed by atoms with Crippen molar-refractivity contribution in [3.05, 3.63) is 18.0 Å². The minimum Gasteiger partial charge on any atom is -0.357 e. The minimum absolute atomic E-state index is 0.713. The summed E-state index contributed by atoms with van der Waals surface area (Å²) in [6, 6.07) is 0. The Balaban J connectivity index is 1.41. The van der Waals surface area contributed by atoms with E-state index in [9.17, 15) is 0 Å². The molecule has 1 aromatic rings. The first-order valence-electron chi connectivity index (χ1n) is 10.8. The van der Waals surface area contributed by atoms with Crippen LogP contribution < -0.4 is 5.32 Å². The molecule has 0 spiro atoms. The lowest BCUT2D eigenvalue weighted by atomic mass is 10.0. The molecule has 0 aromatic carbocycles. The number of hydrogen-bond acceptors (Lipinski definition) is 2. The second-order valence-corrected chi connectivity index (χ2v) is 8.21. The summed E-state index contributed by atoms with van der Waals surface area (Å²) in [7, 11) is 1.99. The Hall–Kier alpha value is -1.52. The van der Waals surface area contributed by atoms with Crippen LogP contribution in [0.1, 0.15) is 63.9 Å². The molecule has 1 saturated carbocycles. The number of nitrogens with zero attached hydrogens (tertiary/aromatic N) is 4. The smallest absolute Gasteiger partial charge is 0.193 e. The molecular formula is C21H37N5. The first kappa shape index (κ1) is 19.2. The third-order valence-corrected chi connectivity index (χ3v) is 5.96. The van der Waals surface area contributed by atoms with Gasteiger partial charge in [0.25, 0.3) is 0 Å². The predicted octanol–water partition coefficient (Wildman–Crippen LogP) is 3.61. The Kier molecular flexibility index (Phi) is 7.39. The van der Waals surface area contributed by atoms with Gasteiger partial charge in [0, 0.05) is 39.4 Å². The largest absolute Gasteiger partial charge is 0.357 e. The van der Waals surface area contributed by atoms with E-state index in [1.807, 2.05) is 17.9 Å². The van der Waals surface area contributed by atoms with E-state index in [1.165, 1.54) is 56.9 Å². The van der Waals surface area contributed by atoms with E-state index in [0.717, 1.165) is 44.5 Å². The fraction of sp³-hybridized carbons (Fsp3) is 0.810. The Bertz CT molecular complexity index is 559. The Labute approximate surface area is 159 Å². The summed E-state index contributed by atoms with van der Waals surface area (Å²) < 4.78 is 1.90. The van der Waals surface area contributed by atoms with Gasteiger partial charge in [-0.2, -0.15) is 5.10 Å².